The van der Waals surface area contributed by atoms with E-state index in [2.05, 4.69) is 5.32 Å². The van der Waals surface area contributed by atoms with Crippen molar-refractivity contribution in [2.45, 2.75) is 6.61 Å². The lowest BCUT2D eigenvalue weighted by Gasteiger charge is -2.11. The van der Waals surface area contributed by atoms with Gasteiger partial charge in [-0.25, -0.2) is 4.79 Å². The van der Waals surface area contributed by atoms with Crippen molar-refractivity contribution in [2.24, 2.45) is 0 Å². The molecule has 0 aliphatic rings. The Morgan fingerprint density at radius 2 is 1.67 bits per heavy atom. The first-order valence-corrected chi connectivity index (χ1v) is 9.00. The molecule has 0 aliphatic heterocycles. The Hall–Kier alpha value is -4.20. The summed E-state index contributed by atoms with van der Waals surface area (Å²) in [6.07, 6.45) is 0. The van der Waals surface area contributed by atoms with E-state index in [9.17, 15) is 19.7 Å². The number of esters is 1. The van der Waals surface area contributed by atoms with Gasteiger partial charge < -0.3 is 14.8 Å². The van der Waals surface area contributed by atoms with Crippen LogP contribution in [0, 0.1) is 10.1 Å². The van der Waals surface area contributed by atoms with E-state index in [1.807, 2.05) is 30.3 Å². The molecule has 0 bridgehead atoms. The van der Waals surface area contributed by atoms with Gasteiger partial charge in [-0.05, 0) is 23.8 Å². The van der Waals surface area contributed by atoms with Gasteiger partial charge in [0.25, 0.3) is 11.6 Å². The van der Waals surface area contributed by atoms with Crippen LogP contribution in [-0.2, 0) is 16.1 Å². The molecule has 1 N–H and O–H groups in total. The Labute approximate surface area is 172 Å². The number of hydrogen-bond acceptors (Lipinski definition) is 6. The molecule has 0 saturated carbocycles. The number of carbonyl (C=O) groups excluding carboxylic acids is 2. The van der Waals surface area contributed by atoms with E-state index in [0.717, 1.165) is 5.56 Å². The Bertz CT molecular complexity index is 1050. The van der Waals surface area contributed by atoms with Crippen molar-refractivity contribution in [1.29, 1.82) is 0 Å². The van der Waals surface area contributed by atoms with Gasteiger partial charge in [-0.3, -0.25) is 14.9 Å². The van der Waals surface area contributed by atoms with Crippen LogP contribution in [0.3, 0.4) is 0 Å². The van der Waals surface area contributed by atoms with Gasteiger partial charge in [-0.2, -0.15) is 0 Å². The van der Waals surface area contributed by atoms with Crippen molar-refractivity contribution in [2.75, 3.05) is 11.9 Å². The van der Waals surface area contributed by atoms with Gasteiger partial charge in [0.1, 0.15) is 17.9 Å². The molecule has 8 nitrogen and oxygen atoms in total. The molecule has 0 atom stereocenters. The molecule has 152 valence electrons. The number of rotatable bonds is 8. The summed E-state index contributed by atoms with van der Waals surface area (Å²) < 4.78 is 10.8. The Balaban J connectivity index is 1.57. The zero-order valence-electron chi connectivity index (χ0n) is 15.8. The van der Waals surface area contributed by atoms with E-state index < -0.39 is 23.4 Å². The summed E-state index contributed by atoms with van der Waals surface area (Å²) in [5.41, 5.74) is 1.21. The molecule has 1 amide bonds. The van der Waals surface area contributed by atoms with Crippen LogP contribution in [-0.4, -0.2) is 23.4 Å². The normalized spacial score (nSPS) is 10.1. The molecular weight excluding hydrogens is 388 g/mol. The van der Waals surface area contributed by atoms with Gasteiger partial charge in [-0.1, -0.05) is 48.5 Å². The molecular formula is C22H18N2O6. The van der Waals surface area contributed by atoms with Crippen LogP contribution in [0.1, 0.15) is 15.9 Å². The largest absolute Gasteiger partial charge is 0.488 e. The number of benzene rings is 3. The van der Waals surface area contributed by atoms with E-state index in [0.29, 0.717) is 5.75 Å². The zero-order chi connectivity index (χ0) is 21.3. The molecule has 0 heterocycles. The van der Waals surface area contributed by atoms with Crippen molar-refractivity contribution in [3.63, 3.8) is 0 Å². The first kappa shape index (κ1) is 20.5. The molecule has 0 aliphatic carbocycles. The first-order chi connectivity index (χ1) is 14.5. The highest BCUT2D eigenvalue weighted by atomic mass is 16.6. The number of nitro groups is 1. The first-order valence-electron chi connectivity index (χ1n) is 9.00. The molecule has 0 aromatic heterocycles. The van der Waals surface area contributed by atoms with E-state index >= 15 is 0 Å². The molecule has 30 heavy (non-hydrogen) atoms. The average molecular weight is 406 g/mol. The molecule has 0 fully saturated rings. The summed E-state index contributed by atoms with van der Waals surface area (Å²) in [6, 6.07) is 21.5. The van der Waals surface area contributed by atoms with Crippen LogP contribution in [0.25, 0.3) is 0 Å². The van der Waals surface area contributed by atoms with Gasteiger partial charge in [0.05, 0.1) is 4.92 Å². The lowest BCUT2D eigenvalue weighted by Crippen LogP contribution is -2.21. The minimum Gasteiger partial charge on any atom is -0.488 e. The summed E-state index contributed by atoms with van der Waals surface area (Å²) in [4.78, 5) is 34.7. The maximum atomic E-state index is 12.4. The molecule has 0 unspecified atom stereocenters. The van der Waals surface area contributed by atoms with Gasteiger partial charge >= 0.3 is 5.97 Å². The number of para-hydroxylation sites is 1. The molecule has 8 heteroatoms. The number of hydrogen-bond donors (Lipinski definition) is 1. The molecule has 3 aromatic rings. The smallest absolute Gasteiger partial charge is 0.342 e. The fourth-order valence-electron chi connectivity index (χ4n) is 2.60. The van der Waals surface area contributed by atoms with Gasteiger partial charge in [0.15, 0.2) is 6.61 Å². The number of carbonyl (C=O) groups is 2. The maximum Gasteiger partial charge on any atom is 0.342 e. The third kappa shape index (κ3) is 5.65. The summed E-state index contributed by atoms with van der Waals surface area (Å²) in [5, 5.41) is 13.3. The number of anilines is 1. The van der Waals surface area contributed by atoms with Crippen LogP contribution < -0.4 is 10.1 Å². The van der Waals surface area contributed by atoms with E-state index in [1.165, 1.54) is 24.3 Å². The summed E-state index contributed by atoms with van der Waals surface area (Å²) in [7, 11) is 0. The highest BCUT2D eigenvalue weighted by Gasteiger charge is 2.16. The predicted molar refractivity (Wildman–Crippen MR) is 109 cm³/mol. The quantitative estimate of drug-likeness (QED) is 0.345. The number of nitrogens with zero attached hydrogens (tertiary/aromatic N) is 1. The third-order valence-corrected chi connectivity index (χ3v) is 4.02. The fourth-order valence-corrected chi connectivity index (χ4v) is 2.60. The number of ether oxygens (including phenoxy) is 2. The van der Waals surface area contributed by atoms with Crippen LogP contribution in [0.2, 0.25) is 0 Å². The van der Waals surface area contributed by atoms with Crippen LogP contribution in [0.4, 0.5) is 11.4 Å². The summed E-state index contributed by atoms with van der Waals surface area (Å²) >= 11 is 0. The van der Waals surface area contributed by atoms with Gasteiger partial charge in [0.2, 0.25) is 0 Å². The lowest BCUT2D eigenvalue weighted by atomic mass is 10.2. The monoisotopic (exact) mass is 406 g/mol. The molecule has 0 radical (unpaired) electrons. The van der Waals surface area contributed by atoms with E-state index in [1.54, 1.807) is 24.3 Å². The van der Waals surface area contributed by atoms with Crippen molar-refractivity contribution >= 4 is 23.3 Å². The second-order valence-corrected chi connectivity index (χ2v) is 6.20. The number of amides is 1. The second-order valence-electron chi connectivity index (χ2n) is 6.20. The lowest BCUT2D eigenvalue weighted by molar-refractivity contribution is -0.384. The topological polar surface area (TPSA) is 108 Å². The van der Waals surface area contributed by atoms with Gasteiger partial charge in [0, 0.05) is 17.8 Å². The van der Waals surface area contributed by atoms with Crippen LogP contribution >= 0.6 is 0 Å². The Kier molecular flexibility index (Phi) is 6.73. The second kappa shape index (κ2) is 9.83. The minimum atomic E-state index is -0.715. The van der Waals surface area contributed by atoms with E-state index in [-0.39, 0.29) is 23.5 Å². The summed E-state index contributed by atoms with van der Waals surface area (Å²) in [6.45, 7) is -0.271. The zero-order valence-corrected chi connectivity index (χ0v) is 15.8. The van der Waals surface area contributed by atoms with Crippen molar-refractivity contribution < 1.29 is 24.0 Å². The molecule has 3 rings (SSSR count). The summed E-state index contributed by atoms with van der Waals surface area (Å²) in [5.74, 6) is -0.996. The highest BCUT2D eigenvalue weighted by Crippen LogP contribution is 2.21. The van der Waals surface area contributed by atoms with Gasteiger partial charge in [-0.15, -0.1) is 0 Å². The minimum absolute atomic E-state index is 0.158. The number of non-ortho nitro benzene ring substituents is 1. The van der Waals surface area contributed by atoms with Crippen molar-refractivity contribution in [3.8, 4) is 5.75 Å². The number of nitrogens with one attached hydrogen (secondary N) is 1. The van der Waals surface area contributed by atoms with Crippen molar-refractivity contribution in [1.82, 2.24) is 0 Å². The number of nitro benzene ring substituents is 1. The molecule has 0 spiro atoms. The molecule has 3 aromatic carbocycles. The van der Waals surface area contributed by atoms with Crippen molar-refractivity contribution in [3.05, 3.63) is 100 Å². The standard InChI is InChI=1S/C22H18N2O6/c25-21(23-17-9-6-10-18(13-17)24(27)28)15-30-22(26)19-11-4-5-12-20(19)29-14-16-7-2-1-3-8-16/h1-13H,14-15H2,(H,23,25). The van der Waals surface area contributed by atoms with Crippen LogP contribution in [0.15, 0.2) is 78.9 Å². The predicted octanol–water partition coefficient (Wildman–Crippen LogP) is 3.97. The van der Waals surface area contributed by atoms with Crippen LogP contribution in [0.5, 0.6) is 5.75 Å². The fraction of sp³-hybridized carbons (Fsp3) is 0.0909. The van der Waals surface area contributed by atoms with E-state index in [4.69, 9.17) is 9.47 Å². The SMILES string of the molecule is O=C(COC(=O)c1ccccc1OCc1ccccc1)Nc1cccc([N+](=O)[O-])c1. The molecule has 0 saturated heterocycles. The maximum absolute atomic E-state index is 12.4. The third-order valence-electron chi connectivity index (χ3n) is 4.02. The Morgan fingerprint density at radius 3 is 2.43 bits per heavy atom. The Morgan fingerprint density at radius 1 is 0.933 bits per heavy atom. The highest BCUT2D eigenvalue weighted by molar-refractivity contribution is 5.96. The average Bonchev–Trinajstić information content (AvgIpc) is 2.77.